The van der Waals surface area contributed by atoms with Gasteiger partial charge >= 0.3 is 0 Å². The number of nitrogen functional groups attached to an aromatic ring is 1. The molecule has 0 fully saturated rings. The van der Waals surface area contributed by atoms with Gasteiger partial charge in [0.05, 0.1) is 8.81 Å². The maximum atomic E-state index is 5.94. The molecule has 0 amide bonds. The Balaban J connectivity index is 1.90. The van der Waals surface area contributed by atoms with Gasteiger partial charge < -0.3 is 5.73 Å². The fourth-order valence-electron chi connectivity index (χ4n) is 1.93. The van der Waals surface area contributed by atoms with Crippen LogP contribution < -0.4 is 5.73 Å². The third-order valence-electron chi connectivity index (χ3n) is 2.79. The fraction of sp³-hybridized carbons (Fsp3) is 0.167. The Labute approximate surface area is 127 Å². The van der Waals surface area contributed by atoms with Crippen molar-refractivity contribution in [2.24, 2.45) is 0 Å². The molecule has 3 aromatic rings. The Hall–Kier alpha value is -1.11. The van der Waals surface area contributed by atoms with Crippen molar-refractivity contribution in [1.29, 1.82) is 0 Å². The molecule has 0 unspecified atom stereocenters. The lowest BCUT2D eigenvalue weighted by Crippen LogP contribution is -2.05. The molecule has 0 saturated heterocycles. The molecule has 0 spiro atoms. The molecule has 7 heteroatoms. The highest BCUT2D eigenvalue weighted by Gasteiger charge is 2.10. The Bertz CT molecular complexity index is 736. The number of nitrogens with zero attached hydrogens (tertiary/aromatic N) is 3. The molecular formula is C12H10BrClN4S. The van der Waals surface area contributed by atoms with Gasteiger partial charge in [0.2, 0.25) is 5.95 Å². The van der Waals surface area contributed by atoms with Crippen LogP contribution in [-0.2, 0) is 13.0 Å². The quantitative estimate of drug-likeness (QED) is 0.777. The van der Waals surface area contributed by atoms with Crippen LogP contribution in [0.1, 0.15) is 4.88 Å². The molecule has 0 aliphatic heterocycles. The summed E-state index contributed by atoms with van der Waals surface area (Å²) in [5.74, 6) is 0.473. The summed E-state index contributed by atoms with van der Waals surface area (Å²) in [5, 5.41) is 0.569. The van der Waals surface area contributed by atoms with Crippen LogP contribution in [-0.4, -0.2) is 14.5 Å². The smallest absolute Gasteiger partial charge is 0.202 e. The molecule has 0 saturated carbocycles. The highest BCUT2D eigenvalue weighted by atomic mass is 79.9. The minimum absolute atomic E-state index is 0.473. The van der Waals surface area contributed by atoms with Crippen LogP contribution >= 0.6 is 38.9 Å². The first kappa shape index (κ1) is 12.9. The summed E-state index contributed by atoms with van der Waals surface area (Å²) in [6, 6.07) is 5.93. The van der Waals surface area contributed by atoms with Gasteiger partial charge in [0.25, 0.3) is 0 Å². The number of anilines is 1. The van der Waals surface area contributed by atoms with Crippen molar-refractivity contribution in [3.05, 3.63) is 38.1 Å². The first-order valence-corrected chi connectivity index (χ1v) is 7.64. The lowest BCUT2D eigenvalue weighted by atomic mass is 10.3. The van der Waals surface area contributed by atoms with E-state index in [0.717, 1.165) is 27.9 Å². The molecule has 0 atom stereocenters. The minimum atomic E-state index is 0.473. The SMILES string of the molecule is Nc1nc2cc(Cl)cnc2n1CCc1ccc(Br)s1. The van der Waals surface area contributed by atoms with E-state index in [0.29, 0.717) is 11.0 Å². The monoisotopic (exact) mass is 356 g/mol. The Morgan fingerprint density at radius 2 is 2.26 bits per heavy atom. The van der Waals surface area contributed by atoms with Crippen molar-refractivity contribution >= 4 is 56.0 Å². The summed E-state index contributed by atoms with van der Waals surface area (Å²) in [4.78, 5) is 9.87. The van der Waals surface area contributed by atoms with E-state index in [1.807, 2.05) is 10.6 Å². The number of halogens is 2. The van der Waals surface area contributed by atoms with Gasteiger partial charge in [0.15, 0.2) is 5.65 Å². The molecule has 0 aliphatic rings. The van der Waals surface area contributed by atoms with E-state index in [4.69, 9.17) is 17.3 Å². The van der Waals surface area contributed by atoms with E-state index >= 15 is 0 Å². The molecule has 0 aliphatic carbocycles. The number of thiophene rings is 1. The summed E-state index contributed by atoms with van der Waals surface area (Å²) in [7, 11) is 0. The van der Waals surface area contributed by atoms with Crippen LogP contribution in [0.3, 0.4) is 0 Å². The molecule has 19 heavy (non-hydrogen) atoms. The number of hydrogen-bond donors (Lipinski definition) is 1. The molecule has 0 bridgehead atoms. The van der Waals surface area contributed by atoms with Crippen LogP contribution in [0.15, 0.2) is 28.2 Å². The largest absolute Gasteiger partial charge is 0.369 e. The molecule has 0 aromatic carbocycles. The topological polar surface area (TPSA) is 56.7 Å². The maximum Gasteiger partial charge on any atom is 0.202 e. The molecule has 2 N–H and O–H groups in total. The summed E-state index contributed by atoms with van der Waals surface area (Å²) >= 11 is 11.1. The van der Waals surface area contributed by atoms with Crippen molar-refractivity contribution in [2.45, 2.75) is 13.0 Å². The van der Waals surface area contributed by atoms with Crippen LogP contribution in [0.2, 0.25) is 5.02 Å². The van der Waals surface area contributed by atoms with Gasteiger partial charge in [-0.15, -0.1) is 11.3 Å². The Morgan fingerprint density at radius 1 is 1.42 bits per heavy atom. The number of imidazole rings is 1. The van der Waals surface area contributed by atoms with Gasteiger partial charge in [-0.05, 0) is 40.5 Å². The van der Waals surface area contributed by atoms with E-state index in [1.165, 1.54) is 4.88 Å². The van der Waals surface area contributed by atoms with Gasteiger partial charge in [-0.25, -0.2) is 9.97 Å². The number of pyridine rings is 1. The van der Waals surface area contributed by atoms with Gasteiger partial charge in [0, 0.05) is 17.6 Å². The molecule has 3 rings (SSSR count). The number of aryl methyl sites for hydroxylation is 2. The van der Waals surface area contributed by atoms with Crippen molar-refractivity contribution in [3.8, 4) is 0 Å². The lowest BCUT2D eigenvalue weighted by Gasteiger charge is -2.04. The molecule has 98 valence electrons. The third kappa shape index (κ3) is 2.61. The van der Waals surface area contributed by atoms with Crippen molar-refractivity contribution in [3.63, 3.8) is 0 Å². The molecule has 3 aromatic heterocycles. The lowest BCUT2D eigenvalue weighted by molar-refractivity contribution is 0.726. The third-order valence-corrected chi connectivity index (χ3v) is 4.68. The normalized spacial score (nSPS) is 11.3. The number of aromatic nitrogens is 3. The van der Waals surface area contributed by atoms with Crippen molar-refractivity contribution in [1.82, 2.24) is 14.5 Å². The van der Waals surface area contributed by atoms with E-state index < -0.39 is 0 Å². The second kappa shape index (κ2) is 5.11. The average molecular weight is 358 g/mol. The van der Waals surface area contributed by atoms with E-state index in [1.54, 1.807) is 23.6 Å². The molecule has 3 heterocycles. The molecule has 4 nitrogen and oxygen atoms in total. The van der Waals surface area contributed by atoms with Gasteiger partial charge in [0.1, 0.15) is 5.52 Å². The summed E-state index contributed by atoms with van der Waals surface area (Å²) < 4.78 is 3.05. The standard InChI is InChI=1S/C12H10BrClN4S/c13-10-2-1-8(19-10)3-4-18-11-9(17-12(18)15)5-7(14)6-16-11/h1-2,5-6H,3-4H2,(H2,15,17). The second-order valence-corrected chi connectivity index (χ2v) is 7.06. The zero-order valence-electron chi connectivity index (χ0n) is 9.81. The zero-order valence-corrected chi connectivity index (χ0v) is 13.0. The van der Waals surface area contributed by atoms with Crippen molar-refractivity contribution in [2.75, 3.05) is 5.73 Å². The first-order chi connectivity index (χ1) is 9.13. The Morgan fingerprint density at radius 3 is 3.00 bits per heavy atom. The van der Waals surface area contributed by atoms with Crippen LogP contribution in [0.25, 0.3) is 11.2 Å². The highest BCUT2D eigenvalue weighted by Crippen LogP contribution is 2.24. The molecular weight excluding hydrogens is 348 g/mol. The first-order valence-electron chi connectivity index (χ1n) is 5.65. The van der Waals surface area contributed by atoms with Crippen LogP contribution in [0.4, 0.5) is 5.95 Å². The Kier molecular flexibility index (Phi) is 3.47. The zero-order chi connectivity index (χ0) is 13.4. The summed E-state index contributed by atoms with van der Waals surface area (Å²) in [5.41, 5.74) is 7.44. The number of nitrogens with two attached hydrogens (primary N) is 1. The van der Waals surface area contributed by atoms with E-state index in [2.05, 4.69) is 32.0 Å². The molecule has 0 radical (unpaired) electrons. The van der Waals surface area contributed by atoms with Gasteiger partial charge in [-0.2, -0.15) is 0 Å². The maximum absolute atomic E-state index is 5.94. The van der Waals surface area contributed by atoms with Crippen LogP contribution in [0, 0.1) is 0 Å². The number of hydrogen-bond acceptors (Lipinski definition) is 4. The number of rotatable bonds is 3. The minimum Gasteiger partial charge on any atom is -0.369 e. The summed E-state index contributed by atoms with van der Waals surface area (Å²) in [6.07, 6.45) is 2.51. The second-order valence-electron chi connectivity index (χ2n) is 4.07. The van der Waals surface area contributed by atoms with E-state index in [-0.39, 0.29) is 0 Å². The summed E-state index contributed by atoms with van der Waals surface area (Å²) in [6.45, 7) is 0.754. The predicted octanol–water partition coefficient (Wildman–Crippen LogP) is 3.73. The van der Waals surface area contributed by atoms with Gasteiger partial charge in [-0.3, -0.25) is 4.57 Å². The van der Waals surface area contributed by atoms with Gasteiger partial charge in [-0.1, -0.05) is 11.6 Å². The highest BCUT2D eigenvalue weighted by molar-refractivity contribution is 9.11. The van der Waals surface area contributed by atoms with E-state index in [9.17, 15) is 0 Å². The van der Waals surface area contributed by atoms with Crippen molar-refractivity contribution < 1.29 is 0 Å². The van der Waals surface area contributed by atoms with Crippen LogP contribution in [0.5, 0.6) is 0 Å². The number of fused-ring (bicyclic) bond motifs is 1. The average Bonchev–Trinajstić information content (AvgIpc) is 2.89. The fourth-order valence-corrected chi connectivity index (χ4v) is 3.56. The predicted molar refractivity (Wildman–Crippen MR) is 82.7 cm³/mol.